The largest absolute Gasteiger partial charge is 0.480 e. The summed E-state index contributed by atoms with van der Waals surface area (Å²) >= 11 is 1.61. The second-order valence-corrected chi connectivity index (χ2v) is 4.02. The van der Waals surface area contributed by atoms with Gasteiger partial charge < -0.3 is 10.8 Å². The summed E-state index contributed by atoms with van der Waals surface area (Å²) in [6.45, 7) is 0.273. The molecule has 0 fully saturated rings. The molecule has 0 bridgehead atoms. The molecule has 0 saturated heterocycles. The van der Waals surface area contributed by atoms with Crippen LogP contribution in [0.25, 0.3) is 0 Å². The van der Waals surface area contributed by atoms with Crippen LogP contribution < -0.4 is 5.73 Å². The molecule has 0 aliphatic heterocycles. The van der Waals surface area contributed by atoms with E-state index < -0.39 is 12.0 Å². The Labute approximate surface area is 91.8 Å². The Morgan fingerprint density at radius 1 is 1.80 bits per heavy atom. The number of aliphatic carboxylic acids is 1. The van der Waals surface area contributed by atoms with Gasteiger partial charge in [0.05, 0.1) is 11.9 Å². The summed E-state index contributed by atoms with van der Waals surface area (Å²) in [6.07, 6.45) is 4.05. The van der Waals surface area contributed by atoms with E-state index in [1.54, 1.807) is 18.0 Å². The molecule has 0 saturated carbocycles. The van der Waals surface area contributed by atoms with Gasteiger partial charge in [-0.3, -0.25) is 0 Å². The van der Waals surface area contributed by atoms with Crippen molar-refractivity contribution in [2.75, 3.05) is 12.0 Å². The van der Waals surface area contributed by atoms with Crippen LogP contribution in [0.15, 0.2) is 6.20 Å². The van der Waals surface area contributed by atoms with E-state index in [1.165, 1.54) is 4.68 Å². The molecular formula is C8H14N4O2S. The van der Waals surface area contributed by atoms with Gasteiger partial charge in [0.25, 0.3) is 0 Å². The molecule has 0 radical (unpaired) electrons. The standard InChI is InChI=1S/C8H14N4O2S/c1-15-3-2-7(8(13)14)12-5-6(4-9)10-11-12/h5,7H,2-4,9H2,1H3,(H,13,14). The lowest BCUT2D eigenvalue weighted by Gasteiger charge is -2.10. The van der Waals surface area contributed by atoms with Gasteiger partial charge in [-0.15, -0.1) is 5.10 Å². The summed E-state index contributed by atoms with van der Waals surface area (Å²) in [5.74, 6) is -0.119. The fraction of sp³-hybridized carbons (Fsp3) is 0.625. The maximum atomic E-state index is 11.0. The van der Waals surface area contributed by atoms with Crippen LogP contribution in [-0.4, -0.2) is 38.1 Å². The van der Waals surface area contributed by atoms with Crippen molar-refractivity contribution in [3.63, 3.8) is 0 Å². The van der Waals surface area contributed by atoms with Gasteiger partial charge in [0.1, 0.15) is 0 Å². The second-order valence-electron chi connectivity index (χ2n) is 3.03. The van der Waals surface area contributed by atoms with Gasteiger partial charge in [-0.25, -0.2) is 9.48 Å². The van der Waals surface area contributed by atoms with Crippen molar-refractivity contribution in [1.29, 1.82) is 0 Å². The van der Waals surface area contributed by atoms with Crippen molar-refractivity contribution in [2.24, 2.45) is 5.73 Å². The number of nitrogens with zero attached hydrogens (tertiary/aromatic N) is 3. The molecule has 1 atom stereocenters. The highest BCUT2D eigenvalue weighted by atomic mass is 32.2. The van der Waals surface area contributed by atoms with Crippen LogP contribution in [0.2, 0.25) is 0 Å². The first-order chi connectivity index (χ1) is 7.19. The second kappa shape index (κ2) is 5.72. The summed E-state index contributed by atoms with van der Waals surface area (Å²) in [5, 5.41) is 16.5. The zero-order valence-corrected chi connectivity index (χ0v) is 9.28. The number of carbonyl (C=O) groups is 1. The fourth-order valence-electron chi connectivity index (χ4n) is 1.16. The summed E-state index contributed by atoms with van der Waals surface area (Å²) in [7, 11) is 0. The molecule has 0 aromatic carbocycles. The minimum Gasteiger partial charge on any atom is -0.480 e. The Kier molecular flexibility index (Phi) is 4.57. The molecule has 1 aromatic heterocycles. The average molecular weight is 230 g/mol. The van der Waals surface area contributed by atoms with E-state index in [9.17, 15) is 4.79 Å². The number of hydrogen-bond donors (Lipinski definition) is 2. The molecule has 0 aliphatic rings. The van der Waals surface area contributed by atoms with Crippen molar-refractivity contribution in [3.05, 3.63) is 11.9 Å². The van der Waals surface area contributed by atoms with Crippen LogP contribution >= 0.6 is 11.8 Å². The van der Waals surface area contributed by atoms with Crippen LogP contribution in [0.4, 0.5) is 0 Å². The van der Waals surface area contributed by atoms with Crippen molar-refractivity contribution >= 4 is 17.7 Å². The van der Waals surface area contributed by atoms with Crippen LogP contribution in [0.1, 0.15) is 18.2 Å². The smallest absolute Gasteiger partial charge is 0.328 e. The van der Waals surface area contributed by atoms with E-state index in [2.05, 4.69) is 10.3 Å². The highest BCUT2D eigenvalue weighted by Gasteiger charge is 2.20. The lowest BCUT2D eigenvalue weighted by Crippen LogP contribution is -2.20. The molecular weight excluding hydrogens is 216 g/mol. The van der Waals surface area contributed by atoms with E-state index in [4.69, 9.17) is 10.8 Å². The fourth-order valence-corrected chi connectivity index (χ4v) is 1.62. The monoisotopic (exact) mass is 230 g/mol. The number of rotatable bonds is 6. The topological polar surface area (TPSA) is 94.0 Å². The lowest BCUT2D eigenvalue weighted by molar-refractivity contribution is -0.141. The van der Waals surface area contributed by atoms with Crippen LogP contribution in [-0.2, 0) is 11.3 Å². The number of carboxylic acid groups (broad SMARTS) is 1. The zero-order chi connectivity index (χ0) is 11.3. The first kappa shape index (κ1) is 12.0. The summed E-state index contributed by atoms with van der Waals surface area (Å²) in [4.78, 5) is 11.0. The number of nitrogens with two attached hydrogens (primary N) is 1. The van der Waals surface area contributed by atoms with E-state index >= 15 is 0 Å². The van der Waals surface area contributed by atoms with Crippen molar-refractivity contribution in [1.82, 2.24) is 15.0 Å². The highest BCUT2D eigenvalue weighted by molar-refractivity contribution is 7.98. The van der Waals surface area contributed by atoms with E-state index in [0.29, 0.717) is 12.1 Å². The summed E-state index contributed by atoms with van der Waals surface area (Å²) in [6, 6.07) is -0.648. The lowest BCUT2D eigenvalue weighted by atomic mass is 10.2. The summed E-state index contributed by atoms with van der Waals surface area (Å²) in [5.41, 5.74) is 5.97. The molecule has 1 rings (SSSR count). The molecule has 15 heavy (non-hydrogen) atoms. The Balaban J connectivity index is 2.74. The number of carboxylic acids is 1. The van der Waals surface area contributed by atoms with Crippen molar-refractivity contribution < 1.29 is 9.90 Å². The van der Waals surface area contributed by atoms with Gasteiger partial charge in [0, 0.05) is 6.54 Å². The van der Waals surface area contributed by atoms with E-state index in [-0.39, 0.29) is 6.54 Å². The first-order valence-corrected chi connectivity index (χ1v) is 5.91. The molecule has 3 N–H and O–H groups in total. The molecule has 0 spiro atoms. The molecule has 0 amide bonds. The summed E-state index contributed by atoms with van der Waals surface area (Å²) < 4.78 is 1.36. The number of aromatic nitrogens is 3. The molecule has 6 nitrogen and oxygen atoms in total. The maximum absolute atomic E-state index is 11.0. The average Bonchev–Trinajstić information content (AvgIpc) is 2.66. The minimum absolute atomic E-state index is 0.273. The Morgan fingerprint density at radius 2 is 2.53 bits per heavy atom. The van der Waals surface area contributed by atoms with Crippen LogP contribution in [0.5, 0.6) is 0 Å². The molecule has 1 heterocycles. The maximum Gasteiger partial charge on any atom is 0.328 e. The minimum atomic E-state index is -0.891. The van der Waals surface area contributed by atoms with E-state index in [1.807, 2.05) is 6.26 Å². The Hall–Kier alpha value is -1.08. The molecule has 84 valence electrons. The zero-order valence-electron chi connectivity index (χ0n) is 8.46. The third-order valence-corrected chi connectivity index (χ3v) is 2.61. The third-order valence-electron chi connectivity index (χ3n) is 1.97. The van der Waals surface area contributed by atoms with Gasteiger partial charge in [0.2, 0.25) is 0 Å². The Bertz CT molecular complexity index is 328. The first-order valence-electron chi connectivity index (χ1n) is 4.51. The molecule has 7 heteroatoms. The normalized spacial score (nSPS) is 12.7. The van der Waals surface area contributed by atoms with Crippen molar-refractivity contribution in [2.45, 2.75) is 19.0 Å². The van der Waals surface area contributed by atoms with Crippen molar-refractivity contribution in [3.8, 4) is 0 Å². The van der Waals surface area contributed by atoms with Gasteiger partial charge in [-0.05, 0) is 18.4 Å². The molecule has 0 aliphatic carbocycles. The molecule has 1 unspecified atom stereocenters. The number of thioether (sulfide) groups is 1. The van der Waals surface area contributed by atoms with Gasteiger partial charge >= 0.3 is 5.97 Å². The predicted octanol–water partition coefficient (Wildman–Crippen LogP) is 0.116. The third kappa shape index (κ3) is 3.21. The highest BCUT2D eigenvalue weighted by Crippen LogP contribution is 2.13. The van der Waals surface area contributed by atoms with Crippen LogP contribution in [0, 0.1) is 0 Å². The quantitative estimate of drug-likeness (QED) is 0.720. The number of hydrogen-bond acceptors (Lipinski definition) is 5. The predicted molar refractivity (Wildman–Crippen MR) is 57.6 cm³/mol. The van der Waals surface area contributed by atoms with Gasteiger partial charge in [0.15, 0.2) is 6.04 Å². The van der Waals surface area contributed by atoms with Crippen LogP contribution in [0.3, 0.4) is 0 Å². The van der Waals surface area contributed by atoms with E-state index in [0.717, 1.165) is 5.75 Å². The molecule has 1 aromatic rings. The Morgan fingerprint density at radius 3 is 3.00 bits per heavy atom. The SMILES string of the molecule is CSCCC(C(=O)O)n1cc(CN)nn1. The van der Waals surface area contributed by atoms with Gasteiger partial charge in [-0.2, -0.15) is 11.8 Å². The van der Waals surface area contributed by atoms with Gasteiger partial charge in [-0.1, -0.05) is 5.21 Å².